The molecule has 0 amide bonds. The summed E-state index contributed by atoms with van der Waals surface area (Å²) >= 11 is 0. The SMILES string of the molecule is O=C(O)C1CP(=O)(O)C1. The van der Waals surface area contributed by atoms with E-state index in [0.717, 1.165) is 0 Å². The molecule has 0 aromatic heterocycles. The molecule has 9 heavy (non-hydrogen) atoms. The molecule has 1 rings (SSSR count). The Labute approximate surface area is 52.0 Å². The molecule has 1 aliphatic heterocycles. The van der Waals surface area contributed by atoms with Gasteiger partial charge in [-0.25, -0.2) is 0 Å². The van der Waals surface area contributed by atoms with Crippen molar-refractivity contribution in [2.24, 2.45) is 5.92 Å². The Kier molecular flexibility index (Phi) is 1.37. The van der Waals surface area contributed by atoms with Gasteiger partial charge in [0, 0.05) is 12.3 Å². The van der Waals surface area contributed by atoms with Gasteiger partial charge in [-0.15, -0.1) is 0 Å². The number of carbonyl (C=O) groups is 1. The normalized spacial score (nSPS) is 41.7. The van der Waals surface area contributed by atoms with Crippen molar-refractivity contribution in [1.29, 1.82) is 0 Å². The van der Waals surface area contributed by atoms with Crippen LogP contribution in [-0.4, -0.2) is 28.3 Å². The molecule has 2 N–H and O–H groups in total. The third kappa shape index (κ3) is 1.32. The van der Waals surface area contributed by atoms with Crippen molar-refractivity contribution in [2.45, 2.75) is 0 Å². The lowest BCUT2D eigenvalue weighted by Crippen LogP contribution is -2.31. The third-order valence-corrected chi connectivity index (χ3v) is 3.38. The van der Waals surface area contributed by atoms with Crippen LogP contribution < -0.4 is 0 Å². The zero-order valence-corrected chi connectivity index (χ0v) is 5.54. The molecule has 0 radical (unpaired) electrons. The summed E-state index contributed by atoms with van der Waals surface area (Å²) < 4.78 is 10.5. The van der Waals surface area contributed by atoms with Crippen LogP contribution in [-0.2, 0) is 9.36 Å². The van der Waals surface area contributed by atoms with Gasteiger partial charge in [0.2, 0.25) is 7.37 Å². The highest BCUT2D eigenvalue weighted by Crippen LogP contribution is 2.53. The van der Waals surface area contributed by atoms with Gasteiger partial charge in [-0.1, -0.05) is 0 Å². The van der Waals surface area contributed by atoms with Crippen LogP contribution in [0, 0.1) is 5.92 Å². The van der Waals surface area contributed by atoms with E-state index >= 15 is 0 Å². The first kappa shape index (κ1) is 6.78. The highest BCUT2D eigenvalue weighted by atomic mass is 31.2. The Morgan fingerprint density at radius 1 is 1.56 bits per heavy atom. The summed E-state index contributed by atoms with van der Waals surface area (Å²) in [5.74, 6) is -1.53. The lowest BCUT2D eigenvalue weighted by molar-refractivity contribution is -0.140. The molecule has 0 aromatic rings. The predicted molar refractivity (Wildman–Crippen MR) is 30.7 cm³/mol. The molecule has 52 valence electrons. The second-order valence-electron chi connectivity index (χ2n) is 2.25. The summed E-state index contributed by atoms with van der Waals surface area (Å²) in [7, 11) is -2.96. The molecule has 0 unspecified atom stereocenters. The number of carboxylic acids is 1. The molecule has 0 aromatic carbocycles. The minimum Gasteiger partial charge on any atom is -0.481 e. The highest BCUT2D eigenvalue weighted by molar-refractivity contribution is 7.59. The average molecular weight is 150 g/mol. The number of aliphatic carboxylic acids is 1. The molecule has 1 fully saturated rings. The highest BCUT2D eigenvalue weighted by Gasteiger charge is 2.42. The van der Waals surface area contributed by atoms with Crippen LogP contribution in [0.2, 0.25) is 0 Å². The Balaban J connectivity index is 2.45. The molecular formula is C4H7O4P. The largest absolute Gasteiger partial charge is 0.481 e. The molecule has 5 heteroatoms. The molecule has 0 saturated carbocycles. The standard InChI is InChI=1S/C4H7O4P/c5-4(6)3-1-9(7,8)2-3/h3H,1-2H2,(H,5,6)(H,7,8). The van der Waals surface area contributed by atoms with Gasteiger partial charge in [-0.2, -0.15) is 0 Å². The van der Waals surface area contributed by atoms with Gasteiger partial charge in [-0.05, 0) is 0 Å². The molecule has 1 aliphatic rings. The van der Waals surface area contributed by atoms with Crippen molar-refractivity contribution in [1.82, 2.24) is 0 Å². The summed E-state index contributed by atoms with van der Waals surface area (Å²) in [6.07, 6.45) is -0.0787. The van der Waals surface area contributed by atoms with Gasteiger partial charge in [-0.3, -0.25) is 9.36 Å². The molecule has 0 atom stereocenters. The molecule has 4 nitrogen and oxygen atoms in total. The average Bonchev–Trinajstić information content (AvgIpc) is 1.59. The number of hydrogen-bond acceptors (Lipinski definition) is 2. The van der Waals surface area contributed by atoms with Crippen molar-refractivity contribution in [2.75, 3.05) is 12.3 Å². The lowest BCUT2D eigenvalue weighted by atomic mass is 10.2. The maximum atomic E-state index is 10.5. The van der Waals surface area contributed by atoms with Gasteiger partial charge >= 0.3 is 5.97 Å². The topological polar surface area (TPSA) is 74.6 Å². The summed E-state index contributed by atoms with van der Waals surface area (Å²) in [5, 5.41) is 8.23. The molecule has 0 spiro atoms. The number of carboxylic acid groups (broad SMARTS) is 1. The quantitative estimate of drug-likeness (QED) is 0.514. The third-order valence-electron chi connectivity index (χ3n) is 1.36. The van der Waals surface area contributed by atoms with Crippen molar-refractivity contribution in [3.05, 3.63) is 0 Å². The monoisotopic (exact) mass is 150 g/mol. The number of hydrogen-bond donors (Lipinski definition) is 2. The van der Waals surface area contributed by atoms with Crippen molar-refractivity contribution in [3.63, 3.8) is 0 Å². The van der Waals surface area contributed by atoms with E-state index in [2.05, 4.69) is 0 Å². The van der Waals surface area contributed by atoms with E-state index in [0.29, 0.717) is 0 Å². The second kappa shape index (κ2) is 1.82. The Morgan fingerprint density at radius 3 is 2.11 bits per heavy atom. The lowest BCUT2D eigenvalue weighted by Gasteiger charge is -2.27. The van der Waals surface area contributed by atoms with Gasteiger partial charge in [0.05, 0.1) is 5.92 Å². The molecule has 1 heterocycles. The van der Waals surface area contributed by atoms with Crippen LogP contribution in [0.5, 0.6) is 0 Å². The second-order valence-corrected chi connectivity index (χ2v) is 4.67. The Hall–Kier alpha value is -0.340. The minimum atomic E-state index is -2.96. The number of rotatable bonds is 1. The van der Waals surface area contributed by atoms with Gasteiger partial charge in [0.1, 0.15) is 0 Å². The maximum Gasteiger partial charge on any atom is 0.307 e. The van der Waals surface area contributed by atoms with E-state index in [9.17, 15) is 9.36 Å². The first-order valence-electron chi connectivity index (χ1n) is 2.55. The van der Waals surface area contributed by atoms with E-state index in [4.69, 9.17) is 10.00 Å². The van der Waals surface area contributed by atoms with E-state index in [1.165, 1.54) is 0 Å². The predicted octanol–water partition coefficient (Wildman–Crippen LogP) is -0.0288. The Bertz CT molecular complexity index is 177. The zero-order chi connectivity index (χ0) is 7.07. The van der Waals surface area contributed by atoms with E-state index in [1.54, 1.807) is 0 Å². The van der Waals surface area contributed by atoms with Crippen LogP contribution in [0.4, 0.5) is 0 Å². The van der Waals surface area contributed by atoms with E-state index in [1.807, 2.05) is 0 Å². The first-order chi connectivity index (χ1) is 4.01. The summed E-state index contributed by atoms with van der Waals surface area (Å²) in [6.45, 7) is 0. The van der Waals surface area contributed by atoms with Crippen LogP contribution in [0.3, 0.4) is 0 Å². The zero-order valence-electron chi connectivity index (χ0n) is 4.65. The van der Waals surface area contributed by atoms with E-state index in [-0.39, 0.29) is 12.3 Å². The van der Waals surface area contributed by atoms with Crippen molar-refractivity contribution >= 4 is 13.3 Å². The first-order valence-corrected chi connectivity index (χ1v) is 4.58. The van der Waals surface area contributed by atoms with Crippen LogP contribution in [0.25, 0.3) is 0 Å². The minimum absolute atomic E-state index is 0.0394. The van der Waals surface area contributed by atoms with Crippen molar-refractivity contribution in [3.8, 4) is 0 Å². The molecule has 0 bridgehead atoms. The van der Waals surface area contributed by atoms with Crippen molar-refractivity contribution < 1.29 is 19.4 Å². The fourth-order valence-electron chi connectivity index (χ4n) is 0.791. The maximum absolute atomic E-state index is 10.5. The fraction of sp³-hybridized carbons (Fsp3) is 0.750. The summed E-state index contributed by atoms with van der Waals surface area (Å²) in [5.41, 5.74) is 0. The van der Waals surface area contributed by atoms with Crippen LogP contribution in [0.15, 0.2) is 0 Å². The van der Waals surface area contributed by atoms with Gasteiger partial charge in [0.25, 0.3) is 0 Å². The summed E-state index contributed by atoms with van der Waals surface area (Å²) in [6, 6.07) is 0. The fourth-order valence-corrected chi connectivity index (χ4v) is 2.37. The smallest absolute Gasteiger partial charge is 0.307 e. The van der Waals surface area contributed by atoms with Crippen LogP contribution >= 0.6 is 7.37 Å². The molecular weight excluding hydrogens is 143 g/mol. The van der Waals surface area contributed by atoms with Gasteiger partial charge < -0.3 is 10.00 Å². The Morgan fingerprint density at radius 2 is 2.00 bits per heavy atom. The van der Waals surface area contributed by atoms with Gasteiger partial charge in [0.15, 0.2) is 0 Å². The summed E-state index contributed by atoms with van der Waals surface area (Å²) in [4.78, 5) is 18.7. The van der Waals surface area contributed by atoms with E-state index < -0.39 is 19.3 Å². The molecule has 0 aliphatic carbocycles. The molecule has 1 saturated heterocycles. The van der Waals surface area contributed by atoms with Crippen LogP contribution in [0.1, 0.15) is 0 Å².